The third-order valence-corrected chi connectivity index (χ3v) is 5.39. The zero-order valence-electron chi connectivity index (χ0n) is 16.4. The maximum Gasteiger partial charge on any atom is 0.305 e. The molecule has 2 nitrogen and oxygen atoms in total. The van der Waals surface area contributed by atoms with Crippen molar-refractivity contribution in [3.8, 4) is 0 Å². The lowest BCUT2D eigenvalue weighted by Crippen LogP contribution is -2.15. The third kappa shape index (κ3) is 20.2. The van der Waals surface area contributed by atoms with Crippen LogP contribution in [-0.2, 0) is 9.53 Å². The molecule has 0 fully saturated rings. The minimum absolute atomic E-state index is 0.148. The highest BCUT2D eigenvalue weighted by atomic mass is 35.5. The van der Waals surface area contributed by atoms with Crippen LogP contribution in [0.4, 0.5) is 0 Å². The van der Waals surface area contributed by atoms with Crippen molar-refractivity contribution in [3.05, 3.63) is 0 Å². The van der Waals surface area contributed by atoms with Crippen LogP contribution in [0, 0.1) is 0 Å². The molecule has 150 valence electrons. The fraction of sp³-hybridized carbons (Fsp3) is 0.952. The molecular formula is C21H40Cl2O2. The number of ether oxygens (including phenoxy) is 1. The fourth-order valence-corrected chi connectivity index (χ4v) is 3.09. The second-order valence-electron chi connectivity index (χ2n) is 7.13. The van der Waals surface area contributed by atoms with E-state index in [-0.39, 0.29) is 18.0 Å². The van der Waals surface area contributed by atoms with Gasteiger partial charge in [-0.1, -0.05) is 96.8 Å². The summed E-state index contributed by atoms with van der Waals surface area (Å²) in [5, 5.41) is -0.272. The summed E-state index contributed by atoms with van der Waals surface area (Å²) in [6, 6.07) is 0. The van der Waals surface area contributed by atoms with Crippen molar-refractivity contribution in [1.82, 2.24) is 0 Å². The average molecular weight is 395 g/mol. The van der Waals surface area contributed by atoms with E-state index >= 15 is 0 Å². The normalized spacial score (nSPS) is 12.3. The molecule has 1 atom stereocenters. The number of hydrogen-bond acceptors (Lipinski definition) is 2. The highest BCUT2D eigenvalue weighted by molar-refractivity contribution is 6.28. The van der Waals surface area contributed by atoms with E-state index in [9.17, 15) is 4.79 Å². The van der Waals surface area contributed by atoms with E-state index in [4.69, 9.17) is 27.9 Å². The zero-order chi connectivity index (χ0) is 18.6. The Bertz CT molecular complexity index is 285. The lowest BCUT2D eigenvalue weighted by atomic mass is 10.0. The Hall–Kier alpha value is 0.0500. The predicted molar refractivity (Wildman–Crippen MR) is 111 cm³/mol. The largest absolute Gasteiger partial charge is 0.464 e. The van der Waals surface area contributed by atoms with Crippen molar-refractivity contribution in [2.24, 2.45) is 0 Å². The Labute approximate surface area is 166 Å². The van der Waals surface area contributed by atoms with Gasteiger partial charge in [-0.05, 0) is 6.42 Å². The lowest BCUT2D eigenvalue weighted by Gasteiger charge is -2.07. The van der Waals surface area contributed by atoms with E-state index in [1.54, 1.807) is 0 Å². The smallest absolute Gasteiger partial charge is 0.305 e. The summed E-state index contributed by atoms with van der Waals surface area (Å²) in [7, 11) is 0. The van der Waals surface area contributed by atoms with Crippen LogP contribution in [0.15, 0.2) is 0 Å². The summed E-state index contributed by atoms with van der Waals surface area (Å²) in [5.74, 6) is 0.166. The molecule has 0 aromatic heterocycles. The van der Waals surface area contributed by atoms with Crippen LogP contribution < -0.4 is 0 Å². The second kappa shape index (κ2) is 20.4. The van der Waals surface area contributed by atoms with Gasteiger partial charge in [-0.25, -0.2) is 0 Å². The van der Waals surface area contributed by atoms with E-state index < -0.39 is 0 Å². The molecule has 0 heterocycles. The van der Waals surface area contributed by atoms with Crippen molar-refractivity contribution in [3.63, 3.8) is 0 Å². The van der Waals surface area contributed by atoms with Gasteiger partial charge >= 0.3 is 5.97 Å². The fourth-order valence-electron chi connectivity index (χ4n) is 2.94. The summed E-state index contributed by atoms with van der Waals surface area (Å²) < 4.78 is 5.06. The first-order chi connectivity index (χ1) is 12.2. The Morgan fingerprint density at radius 3 is 1.56 bits per heavy atom. The summed E-state index contributed by atoms with van der Waals surface area (Å²) in [4.78, 5) is 11.5. The molecule has 0 aliphatic rings. The number of esters is 1. The molecule has 0 saturated heterocycles. The van der Waals surface area contributed by atoms with Gasteiger partial charge in [-0.2, -0.15) is 0 Å². The van der Waals surface area contributed by atoms with E-state index in [0.717, 1.165) is 12.8 Å². The third-order valence-electron chi connectivity index (χ3n) is 4.58. The minimum Gasteiger partial charge on any atom is -0.464 e. The average Bonchev–Trinajstić information content (AvgIpc) is 2.62. The quantitative estimate of drug-likeness (QED) is 0.128. The lowest BCUT2D eigenvalue weighted by molar-refractivity contribution is -0.143. The number of unbranched alkanes of at least 4 members (excludes halogenated alkanes) is 14. The summed E-state index contributed by atoms with van der Waals surface area (Å²) >= 11 is 11.4. The van der Waals surface area contributed by atoms with Crippen molar-refractivity contribution in [2.45, 2.75) is 115 Å². The molecule has 0 aromatic carbocycles. The number of alkyl halides is 2. The van der Waals surface area contributed by atoms with E-state index in [2.05, 4.69) is 6.92 Å². The van der Waals surface area contributed by atoms with Gasteiger partial charge in [0, 0.05) is 12.3 Å². The van der Waals surface area contributed by atoms with Crippen LogP contribution in [0.5, 0.6) is 0 Å². The van der Waals surface area contributed by atoms with Gasteiger partial charge in [0.05, 0.1) is 5.38 Å². The standard InChI is InChI=1S/C21H40Cl2O2/c1-2-3-4-5-6-7-8-9-10-11-12-13-14-15-16-17-21(24)25-19-20(23)18-22/h20H,2-19H2,1H3. The summed E-state index contributed by atoms with van der Waals surface area (Å²) in [6.45, 7) is 2.50. The first-order valence-corrected chi connectivity index (χ1v) is 11.5. The highest BCUT2D eigenvalue weighted by Crippen LogP contribution is 2.14. The van der Waals surface area contributed by atoms with Crippen LogP contribution >= 0.6 is 23.2 Å². The maximum atomic E-state index is 11.5. The number of carbonyl (C=O) groups is 1. The molecule has 0 rings (SSSR count). The van der Waals surface area contributed by atoms with Crippen LogP contribution in [0.3, 0.4) is 0 Å². The SMILES string of the molecule is CCCCCCCCCCCCCCCCCC(=O)OCC(Cl)CCl. The Morgan fingerprint density at radius 2 is 1.16 bits per heavy atom. The molecule has 0 radical (unpaired) electrons. The van der Waals surface area contributed by atoms with Gasteiger partial charge in [0.2, 0.25) is 0 Å². The van der Waals surface area contributed by atoms with Gasteiger partial charge in [0.25, 0.3) is 0 Å². The van der Waals surface area contributed by atoms with E-state index in [1.807, 2.05) is 0 Å². The summed E-state index contributed by atoms with van der Waals surface area (Å²) in [6.07, 6.45) is 20.4. The summed E-state index contributed by atoms with van der Waals surface area (Å²) in [5.41, 5.74) is 0. The predicted octanol–water partition coefficient (Wildman–Crippen LogP) is 7.64. The van der Waals surface area contributed by atoms with Gasteiger partial charge in [0.15, 0.2) is 0 Å². The maximum absolute atomic E-state index is 11.5. The molecule has 0 aromatic rings. The van der Waals surface area contributed by atoms with Gasteiger partial charge in [-0.3, -0.25) is 4.79 Å². The molecule has 0 saturated carbocycles. The molecule has 4 heteroatoms. The van der Waals surface area contributed by atoms with Crippen molar-refractivity contribution >= 4 is 29.2 Å². The number of carbonyl (C=O) groups excluding carboxylic acids is 1. The molecule has 0 amide bonds. The van der Waals surface area contributed by atoms with Crippen LogP contribution in [0.1, 0.15) is 110 Å². The van der Waals surface area contributed by atoms with Crippen LogP contribution in [0.2, 0.25) is 0 Å². The molecule has 25 heavy (non-hydrogen) atoms. The first kappa shape index (κ1) is 25.1. The van der Waals surface area contributed by atoms with E-state index in [0.29, 0.717) is 12.3 Å². The topological polar surface area (TPSA) is 26.3 Å². The van der Waals surface area contributed by atoms with Crippen molar-refractivity contribution in [1.29, 1.82) is 0 Å². The van der Waals surface area contributed by atoms with Crippen molar-refractivity contribution < 1.29 is 9.53 Å². The van der Waals surface area contributed by atoms with E-state index in [1.165, 1.54) is 83.5 Å². The van der Waals surface area contributed by atoms with Gasteiger partial charge < -0.3 is 4.74 Å². The minimum atomic E-state index is -0.272. The van der Waals surface area contributed by atoms with Crippen LogP contribution in [0.25, 0.3) is 0 Å². The van der Waals surface area contributed by atoms with Crippen LogP contribution in [-0.4, -0.2) is 23.8 Å². The van der Waals surface area contributed by atoms with Gasteiger partial charge in [0.1, 0.15) is 6.61 Å². The molecule has 0 aliphatic heterocycles. The molecule has 0 N–H and O–H groups in total. The molecule has 0 aliphatic carbocycles. The van der Waals surface area contributed by atoms with Gasteiger partial charge in [-0.15, -0.1) is 23.2 Å². The molecule has 0 bridgehead atoms. The molecular weight excluding hydrogens is 355 g/mol. The Kier molecular flexibility index (Phi) is 20.4. The Morgan fingerprint density at radius 1 is 0.760 bits per heavy atom. The second-order valence-corrected chi connectivity index (χ2v) is 8.06. The highest BCUT2D eigenvalue weighted by Gasteiger charge is 2.07. The monoisotopic (exact) mass is 394 g/mol. The zero-order valence-corrected chi connectivity index (χ0v) is 17.9. The first-order valence-electron chi connectivity index (χ1n) is 10.6. The number of rotatable bonds is 19. The Balaban J connectivity index is 3.12. The molecule has 0 spiro atoms. The van der Waals surface area contributed by atoms with Crippen molar-refractivity contribution in [2.75, 3.05) is 12.5 Å². The number of hydrogen-bond donors (Lipinski definition) is 0. The number of halogens is 2. The molecule has 1 unspecified atom stereocenters.